The normalized spacial score (nSPS) is 19.5. The average molecular weight is 596 g/mol. The number of rotatable bonds is 8. The Balaban J connectivity index is 1.38. The van der Waals surface area contributed by atoms with Crippen molar-refractivity contribution >= 4 is 38.3 Å². The Hall–Kier alpha value is -3.14. The number of fused-ring (bicyclic) bond motifs is 1. The molecule has 2 aromatic heterocycles. The minimum absolute atomic E-state index is 0.101. The van der Waals surface area contributed by atoms with Crippen molar-refractivity contribution in [3.05, 3.63) is 76.7 Å². The summed E-state index contributed by atoms with van der Waals surface area (Å²) < 4.78 is 40.8. The second-order valence-corrected chi connectivity index (χ2v) is 13.3. The molecule has 4 aromatic rings. The third-order valence-electron chi connectivity index (χ3n) is 7.90. The van der Waals surface area contributed by atoms with E-state index >= 15 is 0 Å². The first-order valence-electron chi connectivity index (χ1n) is 13.9. The maximum absolute atomic E-state index is 14.9. The predicted octanol–water partition coefficient (Wildman–Crippen LogP) is 6.42. The predicted molar refractivity (Wildman–Crippen MR) is 163 cm³/mol. The second-order valence-electron chi connectivity index (χ2n) is 10.9. The van der Waals surface area contributed by atoms with Gasteiger partial charge in [0, 0.05) is 28.9 Å². The van der Waals surface area contributed by atoms with E-state index in [-0.39, 0.29) is 27.8 Å². The molecule has 1 aliphatic rings. The molecule has 5 rings (SSSR count). The zero-order valence-corrected chi connectivity index (χ0v) is 25.3. The summed E-state index contributed by atoms with van der Waals surface area (Å²) in [7, 11) is 0.348. The van der Waals surface area contributed by atoms with E-state index in [0.717, 1.165) is 52.5 Å². The highest BCUT2D eigenvalue weighted by Gasteiger charge is 2.32. The van der Waals surface area contributed by atoms with Crippen LogP contribution in [0.5, 0.6) is 0 Å². The average Bonchev–Trinajstić information content (AvgIpc) is 2.93. The summed E-state index contributed by atoms with van der Waals surface area (Å²) in [5.74, 6) is 0.202. The summed E-state index contributed by atoms with van der Waals surface area (Å²) in [4.78, 5) is 16.1. The summed E-state index contributed by atoms with van der Waals surface area (Å²) in [6.07, 6.45) is 3.73. The highest BCUT2D eigenvalue weighted by Crippen LogP contribution is 2.31. The number of aromatic nitrogens is 3. The fourth-order valence-corrected chi connectivity index (χ4v) is 7.42. The minimum Gasteiger partial charge on any atom is -0.349 e. The first kappa shape index (κ1) is 29.4. The van der Waals surface area contributed by atoms with Gasteiger partial charge in [-0.3, -0.25) is 4.98 Å². The van der Waals surface area contributed by atoms with E-state index in [1.165, 1.54) is 6.07 Å². The van der Waals surface area contributed by atoms with Gasteiger partial charge >= 0.3 is 0 Å². The van der Waals surface area contributed by atoms with Crippen molar-refractivity contribution in [2.45, 2.75) is 68.4 Å². The molecule has 1 saturated carbocycles. The Morgan fingerprint density at radius 3 is 2.56 bits per heavy atom. The first-order chi connectivity index (χ1) is 19.6. The van der Waals surface area contributed by atoms with E-state index < -0.39 is 16.0 Å². The Bertz CT molecular complexity index is 1680. The van der Waals surface area contributed by atoms with Gasteiger partial charge in [0.05, 0.1) is 32.9 Å². The van der Waals surface area contributed by atoms with Crippen LogP contribution in [0.4, 0.5) is 10.3 Å². The Morgan fingerprint density at radius 1 is 1.10 bits per heavy atom. The van der Waals surface area contributed by atoms with Gasteiger partial charge in [0.15, 0.2) is 9.84 Å². The molecule has 0 amide bonds. The van der Waals surface area contributed by atoms with E-state index in [0.29, 0.717) is 18.1 Å². The van der Waals surface area contributed by atoms with Crippen LogP contribution in [-0.2, 0) is 22.0 Å². The summed E-state index contributed by atoms with van der Waals surface area (Å²) >= 11 is 6.14. The Morgan fingerprint density at radius 2 is 1.88 bits per heavy atom. The van der Waals surface area contributed by atoms with Crippen molar-refractivity contribution in [3.63, 3.8) is 0 Å². The SMILES string of the molecule is CCc1cc(-c2ccc(CS(=O)(=O)c3ccccc3Cl)nc2C)cc2cnc(NC3CC[C@@H](N(C)C)C[C@@H]3F)nc12. The van der Waals surface area contributed by atoms with Crippen molar-refractivity contribution in [3.8, 4) is 11.1 Å². The third kappa shape index (κ3) is 6.37. The smallest absolute Gasteiger partial charge is 0.223 e. The molecular formula is C31H35ClFN5O2S. The van der Waals surface area contributed by atoms with Gasteiger partial charge in [-0.25, -0.2) is 22.8 Å². The van der Waals surface area contributed by atoms with Crippen LogP contribution in [0.1, 0.15) is 43.1 Å². The van der Waals surface area contributed by atoms with Crippen LogP contribution in [0, 0.1) is 6.92 Å². The molecule has 216 valence electrons. The quantitative estimate of drug-likeness (QED) is 0.251. The largest absolute Gasteiger partial charge is 0.349 e. The molecule has 1 aliphatic carbocycles. The zero-order valence-electron chi connectivity index (χ0n) is 23.7. The number of alkyl halides is 1. The number of aryl methyl sites for hydroxylation is 2. The lowest BCUT2D eigenvalue weighted by Crippen LogP contribution is -2.43. The molecule has 2 heterocycles. The molecule has 3 atom stereocenters. The van der Waals surface area contributed by atoms with Gasteiger partial charge in [-0.1, -0.05) is 36.7 Å². The lowest BCUT2D eigenvalue weighted by molar-refractivity contribution is 0.139. The molecule has 7 nitrogen and oxygen atoms in total. The summed E-state index contributed by atoms with van der Waals surface area (Å²) in [6, 6.07) is 14.1. The van der Waals surface area contributed by atoms with Crippen LogP contribution in [-0.4, -0.2) is 60.6 Å². The topological polar surface area (TPSA) is 88.1 Å². The molecule has 1 N–H and O–H groups in total. The van der Waals surface area contributed by atoms with Gasteiger partial charge < -0.3 is 10.2 Å². The van der Waals surface area contributed by atoms with Crippen molar-refractivity contribution in [2.24, 2.45) is 0 Å². The number of benzene rings is 2. The van der Waals surface area contributed by atoms with Crippen LogP contribution in [0.3, 0.4) is 0 Å². The summed E-state index contributed by atoms with van der Waals surface area (Å²) in [5, 5.41) is 4.32. The van der Waals surface area contributed by atoms with E-state index in [1.807, 2.05) is 33.2 Å². The molecule has 41 heavy (non-hydrogen) atoms. The molecule has 10 heteroatoms. The molecule has 2 aromatic carbocycles. The molecule has 1 unspecified atom stereocenters. The lowest BCUT2D eigenvalue weighted by atomic mass is 9.89. The van der Waals surface area contributed by atoms with Crippen LogP contribution < -0.4 is 5.32 Å². The van der Waals surface area contributed by atoms with Gasteiger partial charge in [0.1, 0.15) is 6.17 Å². The standard InChI is InChI=1S/C31H35ClFN5O2S/c1-5-20-14-21(25-12-10-23(35-19(25)2)18-41(39,40)29-9-7-6-8-26(29)32)15-22-17-34-31(37-30(20)22)36-28-13-11-24(38(3)4)16-27(28)33/h6-10,12,14-15,17,24,27-28H,5,11,13,16,18H2,1-4H3,(H,34,36,37)/t24-,27+,28?/m1/s1. The number of nitrogens with zero attached hydrogens (tertiary/aromatic N) is 4. The summed E-state index contributed by atoms with van der Waals surface area (Å²) in [5.41, 5.74) is 4.91. The highest BCUT2D eigenvalue weighted by molar-refractivity contribution is 7.90. The number of nitrogens with one attached hydrogen (secondary N) is 1. The molecule has 0 saturated heterocycles. The summed E-state index contributed by atoms with van der Waals surface area (Å²) in [6.45, 7) is 3.94. The fraction of sp³-hybridized carbons (Fsp3) is 0.387. The van der Waals surface area contributed by atoms with Gasteiger partial charge in [0.2, 0.25) is 5.95 Å². The molecule has 0 aliphatic heterocycles. The van der Waals surface area contributed by atoms with Gasteiger partial charge in [-0.15, -0.1) is 0 Å². The van der Waals surface area contributed by atoms with E-state index in [9.17, 15) is 12.8 Å². The monoisotopic (exact) mass is 595 g/mol. The highest BCUT2D eigenvalue weighted by atomic mass is 35.5. The number of hydrogen-bond acceptors (Lipinski definition) is 7. The van der Waals surface area contributed by atoms with Crippen LogP contribution in [0.2, 0.25) is 5.02 Å². The maximum atomic E-state index is 14.9. The third-order valence-corrected chi connectivity index (χ3v) is 10.0. The molecule has 0 radical (unpaired) electrons. The first-order valence-corrected chi connectivity index (χ1v) is 15.9. The molecular weight excluding hydrogens is 561 g/mol. The van der Waals surface area contributed by atoms with Crippen molar-refractivity contribution in [1.82, 2.24) is 19.9 Å². The van der Waals surface area contributed by atoms with Gasteiger partial charge in [0.25, 0.3) is 0 Å². The number of pyridine rings is 1. The van der Waals surface area contributed by atoms with E-state index in [1.54, 1.807) is 30.5 Å². The number of anilines is 1. The van der Waals surface area contributed by atoms with E-state index in [4.69, 9.17) is 16.6 Å². The van der Waals surface area contributed by atoms with Crippen molar-refractivity contribution < 1.29 is 12.8 Å². The van der Waals surface area contributed by atoms with Gasteiger partial charge in [-0.2, -0.15) is 0 Å². The van der Waals surface area contributed by atoms with Crippen LogP contribution in [0.25, 0.3) is 22.0 Å². The van der Waals surface area contributed by atoms with Crippen molar-refractivity contribution in [1.29, 1.82) is 0 Å². The van der Waals surface area contributed by atoms with Crippen LogP contribution >= 0.6 is 11.6 Å². The number of halogens is 2. The molecule has 0 spiro atoms. The van der Waals surface area contributed by atoms with Crippen LogP contribution in [0.15, 0.2) is 59.6 Å². The van der Waals surface area contributed by atoms with Crippen molar-refractivity contribution in [2.75, 3.05) is 19.4 Å². The molecule has 0 bridgehead atoms. The zero-order chi connectivity index (χ0) is 29.3. The maximum Gasteiger partial charge on any atom is 0.223 e. The second kappa shape index (κ2) is 12.0. The molecule has 1 fully saturated rings. The lowest BCUT2D eigenvalue weighted by Gasteiger charge is -2.35. The minimum atomic E-state index is -3.65. The number of sulfone groups is 1. The van der Waals surface area contributed by atoms with Gasteiger partial charge in [-0.05, 0) is 88.2 Å². The Labute approximate surface area is 246 Å². The fourth-order valence-electron chi connectivity index (χ4n) is 5.57. The Kier molecular flexibility index (Phi) is 8.59. The number of hydrogen-bond donors (Lipinski definition) is 1. The van der Waals surface area contributed by atoms with E-state index in [2.05, 4.69) is 33.2 Å².